The van der Waals surface area contributed by atoms with Crippen molar-refractivity contribution in [2.24, 2.45) is 0 Å². The summed E-state index contributed by atoms with van der Waals surface area (Å²) >= 11 is 1.46. The summed E-state index contributed by atoms with van der Waals surface area (Å²) in [6, 6.07) is 9.71. The van der Waals surface area contributed by atoms with Gasteiger partial charge in [-0.1, -0.05) is 17.4 Å². The molecule has 0 aliphatic carbocycles. The predicted molar refractivity (Wildman–Crippen MR) is 90.3 cm³/mol. The van der Waals surface area contributed by atoms with Crippen molar-refractivity contribution in [2.45, 2.75) is 13.8 Å². The third-order valence-corrected chi connectivity index (χ3v) is 4.15. The molecule has 0 fully saturated rings. The summed E-state index contributed by atoms with van der Waals surface area (Å²) in [5.74, 6) is 0. The molecule has 2 N–H and O–H groups in total. The number of carbonyl (C=O) groups is 1. The largest absolute Gasteiger partial charge is 0.338 e. The standard InChI is InChI=1S/C16H16N4OS/c1-3-17-15(21)20-16-19-13-9-10(2)8-11(14(13)22-16)12-6-4-5-7-18-12/h4-9H,3H2,1-2H3,(H2,17,19,20,21). The molecule has 0 aliphatic rings. The highest BCUT2D eigenvalue weighted by Crippen LogP contribution is 2.35. The van der Waals surface area contributed by atoms with Gasteiger partial charge in [-0.3, -0.25) is 10.3 Å². The molecule has 5 nitrogen and oxygen atoms in total. The minimum Gasteiger partial charge on any atom is -0.338 e. The van der Waals surface area contributed by atoms with Crippen molar-refractivity contribution >= 4 is 32.7 Å². The molecule has 0 saturated carbocycles. The summed E-state index contributed by atoms with van der Waals surface area (Å²) in [7, 11) is 0. The maximum absolute atomic E-state index is 11.6. The van der Waals surface area contributed by atoms with Gasteiger partial charge in [0.1, 0.15) is 0 Å². The number of hydrogen-bond acceptors (Lipinski definition) is 4. The van der Waals surface area contributed by atoms with Crippen molar-refractivity contribution in [3.63, 3.8) is 0 Å². The molecule has 0 atom stereocenters. The molecule has 2 amide bonds. The van der Waals surface area contributed by atoms with Crippen molar-refractivity contribution in [1.29, 1.82) is 0 Å². The predicted octanol–water partition coefficient (Wildman–Crippen LogP) is 3.81. The maximum atomic E-state index is 11.6. The van der Waals surface area contributed by atoms with Crippen LogP contribution in [0, 0.1) is 6.92 Å². The number of aromatic nitrogens is 2. The molecule has 0 unspecified atom stereocenters. The Morgan fingerprint density at radius 2 is 2.18 bits per heavy atom. The first-order valence-electron chi connectivity index (χ1n) is 7.05. The molecule has 3 aromatic rings. The van der Waals surface area contributed by atoms with Crippen LogP contribution in [0.5, 0.6) is 0 Å². The summed E-state index contributed by atoms with van der Waals surface area (Å²) < 4.78 is 1.02. The summed E-state index contributed by atoms with van der Waals surface area (Å²) in [6.07, 6.45) is 1.78. The van der Waals surface area contributed by atoms with E-state index in [2.05, 4.69) is 26.7 Å². The molecule has 6 heteroatoms. The number of rotatable bonds is 3. The van der Waals surface area contributed by atoms with Gasteiger partial charge in [0, 0.05) is 18.3 Å². The summed E-state index contributed by atoms with van der Waals surface area (Å²) in [5, 5.41) is 6.05. The van der Waals surface area contributed by atoms with E-state index in [0.29, 0.717) is 11.7 Å². The topological polar surface area (TPSA) is 66.9 Å². The lowest BCUT2D eigenvalue weighted by atomic mass is 10.1. The third-order valence-electron chi connectivity index (χ3n) is 3.13. The molecular formula is C16H16N4OS. The van der Waals surface area contributed by atoms with Gasteiger partial charge < -0.3 is 5.32 Å². The lowest BCUT2D eigenvalue weighted by Gasteiger charge is -2.03. The van der Waals surface area contributed by atoms with E-state index in [1.165, 1.54) is 11.3 Å². The molecule has 0 radical (unpaired) electrons. The highest BCUT2D eigenvalue weighted by atomic mass is 32.1. The molecule has 0 saturated heterocycles. The number of hydrogen-bond donors (Lipinski definition) is 2. The van der Waals surface area contributed by atoms with Gasteiger partial charge in [-0.05, 0) is 43.7 Å². The normalized spacial score (nSPS) is 10.6. The average molecular weight is 312 g/mol. The Labute approximate surface area is 132 Å². The maximum Gasteiger partial charge on any atom is 0.321 e. The zero-order chi connectivity index (χ0) is 15.5. The molecule has 0 bridgehead atoms. The Balaban J connectivity index is 2.06. The monoisotopic (exact) mass is 312 g/mol. The Kier molecular flexibility index (Phi) is 4.02. The lowest BCUT2D eigenvalue weighted by Crippen LogP contribution is -2.28. The molecule has 0 aliphatic heterocycles. The van der Waals surface area contributed by atoms with Crippen molar-refractivity contribution < 1.29 is 4.79 Å². The molecule has 22 heavy (non-hydrogen) atoms. The van der Waals surface area contributed by atoms with Crippen LogP contribution in [-0.4, -0.2) is 22.5 Å². The van der Waals surface area contributed by atoms with E-state index in [4.69, 9.17) is 0 Å². The van der Waals surface area contributed by atoms with Crippen LogP contribution in [0.25, 0.3) is 21.5 Å². The minimum absolute atomic E-state index is 0.238. The molecule has 0 spiro atoms. The van der Waals surface area contributed by atoms with Crippen LogP contribution in [0.1, 0.15) is 12.5 Å². The fourth-order valence-corrected chi connectivity index (χ4v) is 3.20. The van der Waals surface area contributed by atoms with Crippen molar-refractivity contribution in [3.8, 4) is 11.3 Å². The van der Waals surface area contributed by atoms with E-state index in [1.807, 2.05) is 38.1 Å². The smallest absolute Gasteiger partial charge is 0.321 e. The zero-order valence-corrected chi connectivity index (χ0v) is 13.2. The lowest BCUT2D eigenvalue weighted by molar-refractivity contribution is 0.252. The van der Waals surface area contributed by atoms with E-state index >= 15 is 0 Å². The Bertz CT molecular complexity index is 814. The number of carbonyl (C=O) groups excluding carboxylic acids is 1. The number of nitrogens with zero attached hydrogens (tertiary/aromatic N) is 2. The second kappa shape index (κ2) is 6.11. The first-order chi connectivity index (χ1) is 10.7. The van der Waals surface area contributed by atoms with Crippen LogP contribution in [0.15, 0.2) is 36.5 Å². The van der Waals surface area contributed by atoms with Gasteiger partial charge in [-0.25, -0.2) is 9.78 Å². The van der Waals surface area contributed by atoms with E-state index in [9.17, 15) is 4.79 Å². The number of amides is 2. The van der Waals surface area contributed by atoms with Gasteiger partial charge in [0.2, 0.25) is 0 Å². The van der Waals surface area contributed by atoms with Gasteiger partial charge in [-0.15, -0.1) is 0 Å². The third kappa shape index (κ3) is 2.92. The van der Waals surface area contributed by atoms with Gasteiger partial charge in [-0.2, -0.15) is 0 Å². The highest BCUT2D eigenvalue weighted by molar-refractivity contribution is 7.22. The van der Waals surface area contributed by atoms with Gasteiger partial charge in [0.15, 0.2) is 5.13 Å². The van der Waals surface area contributed by atoms with E-state index in [0.717, 1.165) is 27.0 Å². The van der Waals surface area contributed by atoms with Crippen LogP contribution in [-0.2, 0) is 0 Å². The van der Waals surface area contributed by atoms with Gasteiger partial charge in [0.05, 0.1) is 15.9 Å². The molecular weight excluding hydrogens is 296 g/mol. The van der Waals surface area contributed by atoms with Crippen molar-refractivity contribution in [2.75, 3.05) is 11.9 Å². The molecule has 1 aromatic carbocycles. The SMILES string of the molecule is CCNC(=O)Nc1nc2cc(C)cc(-c3ccccn3)c2s1. The summed E-state index contributed by atoms with van der Waals surface area (Å²) in [5.41, 5.74) is 3.93. The van der Waals surface area contributed by atoms with Crippen molar-refractivity contribution in [3.05, 3.63) is 42.1 Å². The number of pyridine rings is 1. The number of urea groups is 1. The van der Waals surface area contributed by atoms with Crippen LogP contribution < -0.4 is 10.6 Å². The van der Waals surface area contributed by atoms with Crippen molar-refractivity contribution in [1.82, 2.24) is 15.3 Å². The first kappa shape index (κ1) is 14.5. The average Bonchev–Trinajstić information content (AvgIpc) is 2.89. The summed E-state index contributed by atoms with van der Waals surface area (Å²) in [4.78, 5) is 20.6. The number of anilines is 1. The Hall–Kier alpha value is -2.47. The number of aryl methyl sites for hydroxylation is 1. The molecule has 2 heterocycles. The van der Waals surface area contributed by atoms with Crippen LogP contribution in [0.4, 0.5) is 9.93 Å². The number of fused-ring (bicyclic) bond motifs is 1. The van der Waals surface area contributed by atoms with Gasteiger partial charge >= 0.3 is 6.03 Å². The van der Waals surface area contributed by atoms with E-state index in [1.54, 1.807) is 6.20 Å². The molecule has 2 aromatic heterocycles. The number of benzene rings is 1. The highest BCUT2D eigenvalue weighted by Gasteiger charge is 2.13. The van der Waals surface area contributed by atoms with E-state index < -0.39 is 0 Å². The zero-order valence-electron chi connectivity index (χ0n) is 12.4. The molecule has 112 valence electrons. The Morgan fingerprint density at radius 3 is 2.91 bits per heavy atom. The summed E-state index contributed by atoms with van der Waals surface area (Å²) in [6.45, 7) is 4.48. The quantitative estimate of drug-likeness (QED) is 0.773. The first-order valence-corrected chi connectivity index (χ1v) is 7.86. The second-order valence-corrected chi connectivity index (χ2v) is 5.88. The van der Waals surface area contributed by atoms with Gasteiger partial charge in [0.25, 0.3) is 0 Å². The number of nitrogens with one attached hydrogen (secondary N) is 2. The Morgan fingerprint density at radius 1 is 1.32 bits per heavy atom. The fraction of sp³-hybridized carbons (Fsp3) is 0.188. The van der Waals surface area contributed by atoms with Crippen LogP contribution >= 0.6 is 11.3 Å². The second-order valence-electron chi connectivity index (χ2n) is 4.88. The fourth-order valence-electron chi connectivity index (χ4n) is 2.24. The molecule has 3 rings (SSSR count). The van der Waals surface area contributed by atoms with Crippen LogP contribution in [0.3, 0.4) is 0 Å². The van der Waals surface area contributed by atoms with Crippen LogP contribution in [0.2, 0.25) is 0 Å². The number of thiazole rings is 1. The minimum atomic E-state index is -0.238. The van der Waals surface area contributed by atoms with E-state index in [-0.39, 0.29) is 6.03 Å².